The van der Waals surface area contributed by atoms with Crippen LogP contribution in [0.1, 0.15) is 106 Å². The molecule has 5 aliphatic carbocycles. The lowest BCUT2D eigenvalue weighted by Gasteiger charge is -2.71. The smallest absolute Gasteiger partial charge is 0.317 e. The van der Waals surface area contributed by atoms with Crippen LogP contribution in [-0.2, 0) is 47.5 Å². The molecule has 0 spiro atoms. The molecule has 25 heteroatoms. The van der Waals surface area contributed by atoms with Crippen molar-refractivity contribution in [1.29, 1.82) is 0 Å². The number of hydrogen-bond acceptors (Lipinski definition) is 24. The number of hydrogen-bond donors (Lipinski definition) is 15. The number of rotatable bonds is 13. The van der Waals surface area contributed by atoms with Crippen LogP contribution >= 0.6 is 0 Å². The lowest BCUT2D eigenvalue weighted by molar-refractivity contribution is -0.378. The van der Waals surface area contributed by atoms with E-state index in [1.54, 1.807) is 6.92 Å². The number of carboxylic acids is 1. The highest BCUT2D eigenvalue weighted by atomic mass is 16.8. The Morgan fingerprint density at radius 1 is 0.557 bits per heavy atom. The SMILES string of the molecule is CC1(C)CC[C@]2(C(=O)O)CC[C@]3(C)C(=CC[C@@H]4[C@@]5(C)CC[C@H](O)[C@@](C)(C(=O)O[C@@H]6O[C@H](CO[C@@H]7O[C@H](CO)[C@@H](O)[C@H](O)[C@H]7O[C@@H]7O[C@H](CO)[C@@H](O)[C@H](O)[C@H]7O)[C@@H](O)[C@H](O[C@@H]7O[C@H](CO)[C@@H](O)[C@H](O)[C@H]7O)[C@H]6O)[C@@H]5CC[C@]43C)[C@@H]2C1. The maximum atomic E-state index is 15.3. The number of carboxylic acid groups (broad SMARTS) is 1. The summed E-state index contributed by atoms with van der Waals surface area (Å²) in [7, 11) is 0. The molecule has 0 bridgehead atoms. The third-order valence-corrected chi connectivity index (χ3v) is 21.5. The Hall–Kier alpha value is -2.16. The molecule has 4 heterocycles. The highest BCUT2D eigenvalue weighted by Gasteiger charge is 2.71. The van der Waals surface area contributed by atoms with Gasteiger partial charge in [0.25, 0.3) is 0 Å². The summed E-state index contributed by atoms with van der Waals surface area (Å²) in [6.45, 7) is 9.30. The molecular weight excluding hydrogens is 1050 g/mol. The first-order chi connectivity index (χ1) is 37.0. The molecule has 15 N–H and O–H groups in total. The molecule has 452 valence electrons. The van der Waals surface area contributed by atoms with Gasteiger partial charge in [-0.05, 0) is 111 Å². The first-order valence-electron chi connectivity index (χ1n) is 28.0. The first kappa shape index (κ1) is 61.4. The van der Waals surface area contributed by atoms with Crippen molar-refractivity contribution in [1.82, 2.24) is 0 Å². The Balaban J connectivity index is 0.995. The van der Waals surface area contributed by atoms with Crippen molar-refractivity contribution in [2.24, 2.45) is 50.2 Å². The highest BCUT2D eigenvalue weighted by molar-refractivity contribution is 5.78. The predicted octanol–water partition coefficient (Wildman–Crippen LogP) is -2.97. The fraction of sp³-hybridized carbons (Fsp3) is 0.926. The minimum Gasteiger partial charge on any atom is -0.481 e. The number of aliphatic carboxylic acids is 1. The van der Waals surface area contributed by atoms with Crippen molar-refractivity contribution in [3.8, 4) is 0 Å². The first-order valence-corrected chi connectivity index (χ1v) is 28.0. The van der Waals surface area contributed by atoms with Gasteiger partial charge >= 0.3 is 11.9 Å². The van der Waals surface area contributed by atoms with Crippen LogP contribution in [0.15, 0.2) is 11.6 Å². The molecule has 0 aromatic carbocycles. The van der Waals surface area contributed by atoms with Crippen LogP contribution < -0.4 is 0 Å². The van der Waals surface area contributed by atoms with E-state index in [-0.39, 0.29) is 34.5 Å². The Bertz CT molecular complexity index is 2220. The zero-order valence-electron chi connectivity index (χ0n) is 45.6. The number of ether oxygens (including phenoxy) is 8. The van der Waals surface area contributed by atoms with Gasteiger partial charge in [-0.2, -0.15) is 0 Å². The number of carbonyl (C=O) groups excluding carboxylic acids is 1. The molecule has 29 atom stereocenters. The fourth-order valence-electron chi connectivity index (χ4n) is 16.3. The van der Waals surface area contributed by atoms with Gasteiger partial charge in [-0.25, -0.2) is 0 Å². The highest BCUT2D eigenvalue weighted by Crippen LogP contribution is 2.76. The van der Waals surface area contributed by atoms with E-state index in [9.17, 15) is 81.4 Å². The van der Waals surface area contributed by atoms with E-state index in [0.717, 1.165) is 12.8 Å². The van der Waals surface area contributed by atoms with Crippen LogP contribution in [0.2, 0.25) is 0 Å². The minimum atomic E-state index is -2.15. The van der Waals surface area contributed by atoms with E-state index in [2.05, 4.69) is 40.7 Å². The Morgan fingerprint density at radius 3 is 1.66 bits per heavy atom. The Labute approximate surface area is 457 Å². The van der Waals surface area contributed by atoms with Crippen molar-refractivity contribution in [3.05, 3.63) is 11.6 Å². The lowest BCUT2D eigenvalue weighted by atomic mass is 9.33. The fourth-order valence-corrected chi connectivity index (χ4v) is 16.3. The van der Waals surface area contributed by atoms with E-state index in [1.165, 1.54) is 5.57 Å². The van der Waals surface area contributed by atoms with Gasteiger partial charge in [0.15, 0.2) is 18.9 Å². The van der Waals surface area contributed by atoms with Crippen LogP contribution in [0, 0.1) is 50.2 Å². The second-order valence-corrected chi connectivity index (χ2v) is 26.1. The van der Waals surface area contributed by atoms with Crippen LogP contribution in [0.5, 0.6) is 0 Å². The van der Waals surface area contributed by atoms with Crippen molar-refractivity contribution in [2.45, 2.75) is 235 Å². The summed E-state index contributed by atoms with van der Waals surface area (Å²) in [6.07, 6.45) is -30.7. The maximum Gasteiger partial charge on any atom is 0.317 e. The number of allylic oxidation sites excluding steroid dienone is 2. The number of esters is 1. The van der Waals surface area contributed by atoms with Crippen LogP contribution in [0.3, 0.4) is 0 Å². The number of fused-ring (bicyclic) bond motifs is 7. The van der Waals surface area contributed by atoms with Gasteiger partial charge in [0.1, 0.15) is 97.7 Å². The summed E-state index contributed by atoms with van der Waals surface area (Å²) in [5.41, 5.74) is -2.63. The molecule has 8 fully saturated rings. The van der Waals surface area contributed by atoms with Gasteiger partial charge in [0, 0.05) is 0 Å². The predicted molar refractivity (Wildman–Crippen MR) is 265 cm³/mol. The standard InChI is InChI=1S/C54H86O25/c1-49(2)13-15-54(47(69)70)16-14-51(4)22(23(54)17-49)7-8-28-50(3)11-10-30(58)53(6,29(50)9-12-52(28,51)5)48(71)79-45-40(68)41(77-43-38(66)35(63)31(59)24(18-55)73-43)34(62)27(76-45)21-72-46-42(37(65)33(61)26(20-57)75-46)78-44-39(67)36(64)32(60)25(19-56)74-44/h7,23-46,55-68H,8-21H2,1-6H3,(H,69,70)/t23-,24+,25+,26+,27+,28+,29+,30-,31+,32+,33+,34+,35-,36-,37-,38+,39+,40+,41-,42+,43-,44-,45-,46+,50+,51+,52+,53-,54-/m0/s1. The number of carbonyl (C=O) groups is 2. The summed E-state index contributed by atoms with van der Waals surface area (Å²) in [5.74, 6) is -2.40. The van der Waals surface area contributed by atoms with E-state index >= 15 is 4.79 Å². The number of aliphatic hydroxyl groups is 14. The van der Waals surface area contributed by atoms with Crippen molar-refractivity contribution >= 4 is 11.9 Å². The third-order valence-electron chi connectivity index (χ3n) is 21.5. The topological polar surface area (TPSA) is 411 Å². The quantitative estimate of drug-likeness (QED) is 0.0647. The van der Waals surface area contributed by atoms with E-state index in [4.69, 9.17) is 37.9 Å². The number of aliphatic hydroxyl groups excluding tert-OH is 14. The Morgan fingerprint density at radius 2 is 1.09 bits per heavy atom. The van der Waals surface area contributed by atoms with Gasteiger partial charge in [-0.15, -0.1) is 0 Å². The largest absolute Gasteiger partial charge is 0.481 e. The monoisotopic (exact) mass is 1130 g/mol. The zero-order chi connectivity index (χ0) is 57.9. The van der Waals surface area contributed by atoms with Crippen LogP contribution in [-0.4, -0.2) is 244 Å². The summed E-state index contributed by atoms with van der Waals surface area (Å²) in [4.78, 5) is 28.5. The average molecular weight is 1140 g/mol. The summed E-state index contributed by atoms with van der Waals surface area (Å²) in [6, 6.07) is 0. The molecule has 4 saturated heterocycles. The molecule has 79 heavy (non-hydrogen) atoms. The zero-order valence-corrected chi connectivity index (χ0v) is 45.6. The second-order valence-electron chi connectivity index (χ2n) is 26.1. The molecule has 0 amide bonds. The van der Waals surface area contributed by atoms with Crippen molar-refractivity contribution in [3.63, 3.8) is 0 Å². The summed E-state index contributed by atoms with van der Waals surface area (Å²) in [5, 5.41) is 163. The van der Waals surface area contributed by atoms with Crippen LogP contribution in [0.4, 0.5) is 0 Å². The van der Waals surface area contributed by atoms with Crippen molar-refractivity contribution < 1.29 is 124 Å². The molecule has 9 aliphatic rings. The Kier molecular flexibility index (Phi) is 17.4. The van der Waals surface area contributed by atoms with E-state index < -0.39 is 189 Å². The van der Waals surface area contributed by atoms with Gasteiger partial charge in [-0.3, -0.25) is 9.59 Å². The summed E-state index contributed by atoms with van der Waals surface area (Å²) >= 11 is 0. The average Bonchev–Trinajstić information content (AvgIpc) is 3.49. The molecule has 9 rings (SSSR count). The normalized spacial score (nSPS) is 53.5. The molecule has 0 aromatic rings. The molecular formula is C54H86O25. The van der Waals surface area contributed by atoms with Gasteiger partial charge in [0.2, 0.25) is 6.29 Å². The van der Waals surface area contributed by atoms with Gasteiger partial charge < -0.3 is 114 Å². The van der Waals surface area contributed by atoms with Crippen molar-refractivity contribution in [2.75, 3.05) is 26.4 Å². The molecule has 25 nitrogen and oxygen atoms in total. The van der Waals surface area contributed by atoms with E-state index in [0.29, 0.717) is 44.9 Å². The lowest BCUT2D eigenvalue weighted by Crippen LogP contribution is -2.68. The molecule has 0 aromatic heterocycles. The molecule has 0 radical (unpaired) electrons. The summed E-state index contributed by atoms with van der Waals surface area (Å²) < 4.78 is 46.7. The molecule has 4 aliphatic heterocycles. The van der Waals surface area contributed by atoms with E-state index in [1.807, 2.05) is 0 Å². The third kappa shape index (κ3) is 9.95. The molecule has 0 unspecified atom stereocenters. The van der Waals surface area contributed by atoms with Gasteiger partial charge in [-0.1, -0.05) is 46.3 Å². The minimum absolute atomic E-state index is 0.0221. The van der Waals surface area contributed by atoms with Crippen LogP contribution in [0.25, 0.3) is 0 Å². The second kappa shape index (κ2) is 22.4. The maximum absolute atomic E-state index is 15.3. The van der Waals surface area contributed by atoms with Gasteiger partial charge in [0.05, 0.1) is 43.4 Å². The molecule has 4 saturated carbocycles.